The summed E-state index contributed by atoms with van der Waals surface area (Å²) < 4.78 is 5.91. The molecule has 0 amide bonds. The fourth-order valence-corrected chi connectivity index (χ4v) is 3.28. The van der Waals surface area contributed by atoms with Crippen LogP contribution in [-0.2, 0) is 20.5 Å². The average Bonchev–Trinajstić information content (AvgIpc) is 2.35. The highest BCUT2D eigenvalue weighted by Crippen LogP contribution is 2.47. The third-order valence-corrected chi connectivity index (χ3v) is 4.61. The van der Waals surface area contributed by atoms with E-state index in [1.165, 1.54) is 0 Å². The van der Waals surface area contributed by atoms with E-state index < -0.39 is 5.60 Å². The highest BCUT2D eigenvalue weighted by molar-refractivity contribution is 9.10. The highest BCUT2D eigenvalue weighted by Gasteiger charge is 2.43. The molecule has 20 heavy (non-hydrogen) atoms. The quantitative estimate of drug-likeness (QED) is 0.854. The van der Waals surface area contributed by atoms with E-state index in [4.69, 9.17) is 4.74 Å². The van der Waals surface area contributed by atoms with Crippen molar-refractivity contribution in [3.05, 3.63) is 33.8 Å². The number of hydrogen-bond acceptors (Lipinski definition) is 3. The molecular formula is C16H21BrO3. The van der Waals surface area contributed by atoms with Crippen molar-refractivity contribution in [3.63, 3.8) is 0 Å². The van der Waals surface area contributed by atoms with Crippen LogP contribution in [0.25, 0.3) is 0 Å². The molecule has 0 aromatic heterocycles. The summed E-state index contributed by atoms with van der Waals surface area (Å²) >= 11 is 3.45. The second kappa shape index (κ2) is 5.49. The third-order valence-electron chi connectivity index (χ3n) is 4.12. The van der Waals surface area contributed by atoms with Crippen molar-refractivity contribution in [2.45, 2.75) is 51.0 Å². The molecule has 0 spiro atoms. The fourth-order valence-electron chi connectivity index (χ4n) is 2.91. The summed E-state index contributed by atoms with van der Waals surface area (Å²) in [5, 5.41) is 11.0. The number of hydrogen-bond donors (Lipinski definition) is 1. The molecule has 0 bridgehead atoms. The first-order valence-corrected chi connectivity index (χ1v) is 7.76. The van der Waals surface area contributed by atoms with Gasteiger partial charge in [0.1, 0.15) is 5.60 Å². The van der Waals surface area contributed by atoms with Gasteiger partial charge in [-0.3, -0.25) is 4.79 Å². The molecule has 0 aliphatic heterocycles. The highest BCUT2D eigenvalue weighted by atomic mass is 79.9. The first-order valence-electron chi connectivity index (χ1n) is 6.97. The normalized spacial score (nSPS) is 24.1. The summed E-state index contributed by atoms with van der Waals surface area (Å²) in [7, 11) is 0. The lowest BCUT2D eigenvalue weighted by molar-refractivity contribution is -0.150. The van der Waals surface area contributed by atoms with Gasteiger partial charge in [-0.05, 0) is 48.4 Å². The van der Waals surface area contributed by atoms with Crippen molar-refractivity contribution < 1.29 is 14.6 Å². The number of rotatable bonds is 3. The van der Waals surface area contributed by atoms with Gasteiger partial charge < -0.3 is 9.84 Å². The number of fused-ring (bicyclic) bond motifs is 1. The predicted octanol–water partition coefficient (Wildman–Crippen LogP) is 3.66. The zero-order chi connectivity index (χ0) is 15.0. The molecule has 2 rings (SSSR count). The van der Waals surface area contributed by atoms with Crippen LogP contribution in [0.2, 0.25) is 0 Å². The minimum atomic E-state index is -1.12. The maximum Gasteiger partial charge on any atom is 0.309 e. The van der Waals surface area contributed by atoms with Gasteiger partial charge in [-0.2, -0.15) is 0 Å². The monoisotopic (exact) mass is 340 g/mol. The predicted molar refractivity (Wildman–Crippen MR) is 81.5 cm³/mol. The number of carbonyl (C=O) groups excluding carboxylic acids is 1. The lowest BCUT2D eigenvalue weighted by atomic mass is 9.66. The van der Waals surface area contributed by atoms with Gasteiger partial charge in [0.25, 0.3) is 0 Å². The smallest absolute Gasteiger partial charge is 0.309 e. The summed E-state index contributed by atoms with van der Waals surface area (Å²) in [6.07, 6.45) is 1.43. The van der Waals surface area contributed by atoms with Crippen molar-refractivity contribution in [2.24, 2.45) is 0 Å². The molecule has 1 N–H and O–H groups in total. The Morgan fingerprint density at radius 2 is 2.05 bits per heavy atom. The van der Waals surface area contributed by atoms with E-state index in [9.17, 15) is 9.90 Å². The van der Waals surface area contributed by atoms with Gasteiger partial charge in [0.2, 0.25) is 0 Å². The van der Waals surface area contributed by atoms with E-state index in [0.29, 0.717) is 13.0 Å². The number of halogens is 1. The summed E-state index contributed by atoms with van der Waals surface area (Å²) in [4.78, 5) is 11.8. The topological polar surface area (TPSA) is 46.5 Å². The molecule has 1 aliphatic carbocycles. The van der Waals surface area contributed by atoms with E-state index in [1.54, 1.807) is 6.92 Å². The van der Waals surface area contributed by atoms with Gasteiger partial charge >= 0.3 is 5.97 Å². The van der Waals surface area contributed by atoms with Gasteiger partial charge in [0.15, 0.2) is 0 Å². The fraction of sp³-hybridized carbons (Fsp3) is 0.562. The van der Waals surface area contributed by atoms with Crippen LogP contribution in [-0.4, -0.2) is 17.7 Å². The molecule has 4 heteroatoms. The van der Waals surface area contributed by atoms with E-state index in [2.05, 4.69) is 29.8 Å². The van der Waals surface area contributed by atoms with Gasteiger partial charge in [0.05, 0.1) is 13.0 Å². The minimum Gasteiger partial charge on any atom is -0.466 e. The van der Waals surface area contributed by atoms with E-state index in [1.807, 2.05) is 18.2 Å². The second-order valence-electron chi connectivity index (χ2n) is 6.09. The number of esters is 1. The zero-order valence-corrected chi connectivity index (χ0v) is 13.8. The summed E-state index contributed by atoms with van der Waals surface area (Å²) in [5.41, 5.74) is 0.840. The Bertz CT molecular complexity index is 524. The summed E-state index contributed by atoms with van der Waals surface area (Å²) in [5.74, 6) is -0.347. The number of aliphatic hydroxyl groups is 1. The SMILES string of the molecule is CCOC(=O)CC1(O)CCC(C)(C)c2ccc(Br)cc21. The van der Waals surface area contributed by atoms with Gasteiger partial charge in [-0.15, -0.1) is 0 Å². The van der Waals surface area contributed by atoms with Crippen LogP contribution in [0.4, 0.5) is 0 Å². The molecule has 3 nitrogen and oxygen atoms in total. The molecular weight excluding hydrogens is 320 g/mol. The number of carbonyl (C=O) groups is 1. The van der Waals surface area contributed by atoms with Gasteiger partial charge in [-0.25, -0.2) is 0 Å². The number of ether oxygens (including phenoxy) is 1. The van der Waals surface area contributed by atoms with Crippen LogP contribution in [0.1, 0.15) is 51.2 Å². The molecule has 1 aliphatic rings. The molecule has 0 saturated carbocycles. The van der Waals surface area contributed by atoms with Crippen LogP contribution >= 0.6 is 15.9 Å². The molecule has 1 unspecified atom stereocenters. The largest absolute Gasteiger partial charge is 0.466 e. The van der Waals surface area contributed by atoms with Crippen molar-refractivity contribution in [2.75, 3.05) is 6.61 Å². The Hall–Kier alpha value is -0.870. The first kappa shape index (κ1) is 15.5. The Morgan fingerprint density at radius 3 is 2.70 bits per heavy atom. The van der Waals surface area contributed by atoms with Gasteiger partial charge in [-0.1, -0.05) is 35.8 Å². The maximum atomic E-state index is 11.8. The molecule has 0 fully saturated rings. The zero-order valence-electron chi connectivity index (χ0n) is 12.2. The molecule has 110 valence electrons. The van der Waals surface area contributed by atoms with Crippen LogP contribution in [0.3, 0.4) is 0 Å². The summed E-state index contributed by atoms with van der Waals surface area (Å²) in [6, 6.07) is 5.95. The second-order valence-corrected chi connectivity index (χ2v) is 7.00. The Morgan fingerprint density at radius 1 is 1.35 bits per heavy atom. The third kappa shape index (κ3) is 2.91. The molecule has 0 saturated heterocycles. The molecule has 1 aromatic carbocycles. The molecule has 0 heterocycles. The Balaban J connectivity index is 2.42. The van der Waals surface area contributed by atoms with E-state index >= 15 is 0 Å². The van der Waals surface area contributed by atoms with E-state index in [0.717, 1.165) is 22.0 Å². The minimum absolute atomic E-state index is 0.0108. The van der Waals surface area contributed by atoms with Crippen LogP contribution in [0.5, 0.6) is 0 Å². The molecule has 0 radical (unpaired) electrons. The van der Waals surface area contributed by atoms with Crippen LogP contribution in [0.15, 0.2) is 22.7 Å². The lowest BCUT2D eigenvalue weighted by Gasteiger charge is -2.42. The average molecular weight is 341 g/mol. The van der Waals surface area contributed by atoms with Crippen molar-refractivity contribution in [1.82, 2.24) is 0 Å². The standard InChI is InChI=1S/C16H21BrO3/c1-4-20-14(18)10-16(19)8-7-15(2,3)12-6-5-11(17)9-13(12)16/h5-6,9,19H,4,7-8,10H2,1-3H3. The summed E-state index contributed by atoms with van der Waals surface area (Å²) in [6.45, 7) is 6.45. The van der Waals surface area contributed by atoms with Crippen molar-refractivity contribution >= 4 is 21.9 Å². The van der Waals surface area contributed by atoms with Gasteiger partial charge in [0, 0.05) is 4.47 Å². The van der Waals surface area contributed by atoms with Crippen molar-refractivity contribution in [1.29, 1.82) is 0 Å². The Kier molecular flexibility index (Phi) is 4.26. The van der Waals surface area contributed by atoms with Crippen LogP contribution in [0, 0.1) is 0 Å². The Labute approximate surface area is 128 Å². The molecule has 1 atom stereocenters. The lowest BCUT2D eigenvalue weighted by Crippen LogP contribution is -2.39. The molecule has 1 aromatic rings. The number of benzene rings is 1. The first-order chi connectivity index (χ1) is 9.28. The van der Waals surface area contributed by atoms with Crippen molar-refractivity contribution in [3.8, 4) is 0 Å². The van der Waals surface area contributed by atoms with E-state index in [-0.39, 0.29) is 17.8 Å². The van der Waals surface area contributed by atoms with Crippen LogP contribution < -0.4 is 0 Å². The maximum absolute atomic E-state index is 11.8.